The largest absolute Gasteiger partial charge is 0.467 e. The number of hydrogen-bond acceptors (Lipinski definition) is 7. The van der Waals surface area contributed by atoms with Crippen molar-refractivity contribution in [3.05, 3.63) is 57.1 Å². The highest BCUT2D eigenvalue weighted by Gasteiger charge is 2.28. The van der Waals surface area contributed by atoms with Crippen molar-refractivity contribution in [2.24, 2.45) is 0 Å². The Kier molecular flexibility index (Phi) is 5.89. The first kappa shape index (κ1) is 19.9. The smallest absolute Gasteiger partial charge is 0.276 e. The summed E-state index contributed by atoms with van der Waals surface area (Å²) in [6.45, 7) is 0.276. The lowest BCUT2D eigenvalue weighted by atomic mass is 10.1. The minimum atomic E-state index is -0.465. The maximum atomic E-state index is 12.9. The van der Waals surface area contributed by atoms with Gasteiger partial charge in [0, 0.05) is 4.88 Å². The number of carbonyl (C=O) groups excluding carboxylic acids is 2. The Morgan fingerprint density at radius 2 is 2.21 bits per heavy atom. The second-order valence-corrected chi connectivity index (χ2v) is 8.62. The number of nitrogens with one attached hydrogen (secondary N) is 2. The topological polar surface area (TPSA) is 97.1 Å². The molecule has 0 atom stereocenters. The number of aromatic nitrogens is 2. The first-order valence-electron chi connectivity index (χ1n) is 8.89. The summed E-state index contributed by atoms with van der Waals surface area (Å²) in [6.07, 6.45) is 7.50. The molecule has 3 heterocycles. The number of thioether (sulfide) groups is 1. The van der Waals surface area contributed by atoms with Crippen LogP contribution in [0, 0.1) is 0 Å². The number of carbonyl (C=O) groups is 2. The van der Waals surface area contributed by atoms with Crippen LogP contribution in [-0.2, 0) is 19.4 Å². The van der Waals surface area contributed by atoms with Crippen molar-refractivity contribution in [3.63, 3.8) is 0 Å². The molecule has 0 aliphatic heterocycles. The summed E-state index contributed by atoms with van der Waals surface area (Å²) in [6, 6.07) is 3.56. The van der Waals surface area contributed by atoms with Gasteiger partial charge in [0.05, 0.1) is 29.6 Å². The molecule has 0 unspecified atom stereocenters. The summed E-state index contributed by atoms with van der Waals surface area (Å²) in [7, 11) is 0. The van der Waals surface area contributed by atoms with Crippen molar-refractivity contribution in [2.45, 2.75) is 31.0 Å². The molecule has 29 heavy (non-hydrogen) atoms. The van der Waals surface area contributed by atoms with Crippen LogP contribution in [0.2, 0.25) is 5.02 Å². The summed E-state index contributed by atoms with van der Waals surface area (Å²) in [4.78, 5) is 35.1. The minimum absolute atomic E-state index is 0.0847. The molecule has 10 heteroatoms. The van der Waals surface area contributed by atoms with E-state index in [-0.39, 0.29) is 23.2 Å². The van der Waals surface area contributed by atoms with Gasteiger partial charge in [-0.15, -0.1) is 11.3 Å². The van der Waals surface area contributed by atoms with Gasteiger partial charge in [0.1, 0.15) is 10.8 Å². The lowest BCUT2D eigenvalue weighted by molar-refractivity contribution is 0.0948. The third-order valence-corrected chi connectivity index (χ3v) is 6.54. The number of fused-ring (bicyclic) bond motifs is 1. The normalized spacial score (nSPS) is 12.6. The van der Waals surface area contributed by atoms with Crippen molar-refractivity contribution >= 4 is 51.5 Å². The summed E-state index contributed by atoms with van der Waals surface area (Å²) >= 11 is 8.86. The van der Waals surface area contributed by atoms with Crippen LogP contribution in [0.5, 0.6) is 0 Å². The molecule has 0 aromatic carbocycles. The van der Waals surface area contributed by atoms with Gasteiger partial charge in [-0.05, 0) is 43.2 Å². The molecular formula is C19H17ClN4O3S2. The molecule has 150 valence electrons. The van der Waals surface area contributed by atoms with E-state index in [1.807, 2.05) is 6.26 Å². The molecule has 3 aromatic heterocycles. The highest BCUT2D eigenvalue weighted by molar-refractivity contribution is 7.98. The average Bonchev–Trinajstić information content (AvgIpc) is 3.44. The molecule has 0 fully saturated rings. The Labute approximate surface area is 180 Å². The van der Waals surface area contributed by atoms with E-state index in [0.29, 0.717) is 21.5 Å². The summed E-state index contributed by atoms with van der Waals surface area (Å²) in [5.74, 6) is -0.0458. The predicted molar refractivity (Wildman–Crippen MR) is 113 cm³/mol. The number of amides is 2. The maximum Gasteiger partial charge on any atom is 0.276 e. The van der Waals surface area contributed by atoms with Crippen LogP contribution in [0.3, 0.4) is 0 Å². The van der Waals surface area contributed by atoms with E-state index < -0.39 is 5.91 Å². The SMILES string of the molecule is CSc1ncc(Cl)c(C(=O)Nc2sc3c(c2C(=O)NCc2ccco2)CCC3)n1. The van der Waals surface area contributed by atoms with E-state index in [0.717, 1.165) is 29.7 Å². The van der Waals surface area contributed by atoms with Gasteiger partial charge in [0.15, 0.2) is 10.9 Å². The Balaban J connectivity index is 1.59. The van der Waals surface area contributed by atoms with Crippen LogP contribution < -0.4 is 10.6 Å². The molecule has 1 aliphatic rings. The average molecular weight is 449 g/mol. The van der Waals surface area contributed by atoms with E-state index in [9.17, 15) is 9.59 Å². The lowest BCUT2D eigenvalue weighted by Crippen LogP contribution is -2.25. The summed E-state index contributed by atoms with van der Waals surface area (Å²) < 4.78 is 5.27. The minimum Gasteiger partial charge on any atom is -0.467 e. The molecule has 0 radical (unpaired) electrons. The monoisotopic (exact) mass is 448 g/mol. The lowest BCUT2D eigenvalue weighted by Gasteiger charge is -2.09. The third kappa shape index (κ3) is 4.17. The molecular weight excluding hydrogens is 432 g/mol. The van der Waals surface area contributed by atoms with Crippen molar-refractivity contribution in [1.29, 1.82) is 0 Å². The Bertz CT molecular complexity index is 1070. The number of rotatable bonds is 6. The molecule has 0 bridgehead atoms. The van der Waals surface area contributed by atoms with Crippen molar-refractivity contribution in [3.8, 4) is 0 Å². The van der Waals surface area contributed by atoms with Gasteiger partial charge < -0.3 is 15.1 Å². The number of thiophene rings is 1. The van der Waals surface area contributed by atoms with Gasteiger partial charge in [0.2, 0.25) is 0 Å². The van der Waals surface area contributed by atoms with Crippen LogP contribution in [0.25, 0.3) is 0 Å². The third-order valence-electron chi connectivity index (χ3n) is 4.50. The Morgan fingerprint density at radius 1 is 1.34 bits per heavy atom. The molecule has 2 N–H and O–H groups in total. The predicted octanol–water partition coefficient (Wildman–Crippen LogP) is 4.18. The molecule has 0 saturated carbocycles. The molecule has 1 aliphatic carbocycles. The second kappa shape index (κ2) is 8.56. The van der Waals surface area contributed by atoms with E-state index in [1.165, 1.54) is 29.3 Å². The quantitative estimate of drug-likeness (QED) is 0.433. The highest BCUT2D eigenvalue weighted by Crippen LogP contribution is 2.39. The molecule has 3 aromatic rings. The number of halogens is 1. The van der Waals surface area contributed by atoms with Crippen LogP contribution in [-0.4, -0.2) is 28.0 Å². The van der Waals surface area contributed by atoms with Crippen LogP contribution in [0.15, 0.2) is 34.2 Å². The van der Waals surface area contributed by atoms with Gasteiger partial charge in [0.25, 0.3) is 11.8 Å². The first-order valence-corrected chi connectivity index (χ1v) is 11.3. The second-order valence-electron chi connectivity index (χ2n) is 6.33. The number of anilines is 1. The molecule has 2 amide bonds. The van der Waals surface area contributed by atoms with Crippen LogP contribution in [0.1, 0.15) is 43.5 Å². The zero-order valence-electron chi connectivity index (χ0n) is 15.5. The zero-order chi connectivity index (χ0) is 20.4. The molecule has 4 rings (SSSR count). The standard InChI is InChI=1S/C19H17ClN4O3S2/c1-28-19-22-9-12(20)15(23-19)17(26)24-18-14(11-5-2-6-13(11)29-18)16(25)21-8-10-4-3-7-27-10/h3-4,7,9H,2,5-6,8H2,1H3,(H,21,25)(H,24,26). The number of nitrogens with zero attached hydrogens (tertiary/aromatic N) is 2. The highest BCUT2D eigenvalue weighted by atomic mass is 35.5. The van der Waals surface area contributed by atoms with Crippen molar-refractivity contribution in [1.82, 2.24) is 15.3 Å². The fraction of sp³-hybridized carbons (Fsp3) is 0.263. The Morgan fingerprint density at radius 3 is 2.97 bits per heavy atom. The number of aryl methyl sites for hydroxylation is 1. The van der Waals surface area contributed by atoms with Crippen molar-refractivity contribution < 1.29 is 14.0 Å². The first-order chi connectivity index (χ1) is 14.1. The fourth-order valence-corrected chi connectivity index (χ4v) is 4.97. The molecule has 0 saturated heterocycles. The van der Waals surface area contributed by atoms with Crippen LogP contribution in [0.4, 0.5) is 5.00 Å². The number of hydrogen-bond donors (Lipinski definition) is 2. The van der Waals surface area contributed by atoms with Crippen LogP contribution >= 0.6 is 34.7 Å². The maximum absolute atomic E-state index is 12.9. The van der Waals surface area contributed by atoms with E-state index in [2.05, 4.69) is 20.6 Å². The molecule has 0 spiro atoms. The van der Waals surface area contributed by atoms with E-state index in [1.54, 1.807) is 18.4 Å². The van der Waals surface area contributed by atoms with E-state index in [4.69, 9.17) is 16.0 Å². The van der Waals surface area contributed by atoms with Gasteiger partial charge in [-0.25, -0.2) is 9.97 Å². The fourth-order valence-electron chi connectivity index (χ4n) is 3.17. The zero-order valence-corrected chi connectivity index (χ0v) is 17.8. The van der Waals surface area contributed by atoms with Gasteiger partial charge in [-0.1, -0.05) is 23.4 Å². The summed E-state index contributed by atoms with van der Waals surface area (Å²) in [5.41, 5.74) is 1.60. The molecule has 7 nitrogen and oxygen atoms in total. The van der Waals surface area contributed by atoms with Gasteiger partial charge in [-0.3, -0.25) is 9.59 Å². The van der Waals surface area contributed by atoms with Gasteiger partial charge in [-0.2, -0.15) is 0 Å². The van der Waals surface area contributed by atoms with Crippen molar-refractivity contribution in [2.75, 3.05) is 11.6 Å². The van der Waals surface area contributed by atoms with E-state index >= 15 is 0 Å². The number of furan rings is 1. The summed E-state index contributed by atoms with van der Waals surface area (Å²) in [5, 5.41) is 6.82. The van der Waals surface area contributed by atoms with Gasteiger partial charge >= 0.3 is 0 Å². The Hall–Kier alpha value is -2.36.